The van der Waals surface area contributed by atoms with Crippen LogP contribution in [0.2, 0.25) is 0 Å². The number of piperidine rings is 2. The first-order chi connectivity index (χ1) is 17.4. The van der Waals surface area contributed by atoms with E-state index in [9.17, 15) is 14.4 Å². The van der Waals surface area contributed by atoms with Gasteiger partial charge < -0.3 is 29.2 Å². The summed E-state index contributed by atoms with van der Waals surface area (Å²) in [7, 11) is 0. The summed E-state index contributed by atoms with van der Waals surface area (Å²) in [6.07, 6.45) is 3.52. The molecule has 212 valence electrons. The van der Waals surface area contributed by atoms with Crippen LogP contribution in [0.4, 0.5) is 9.59 Å². The second-order valence-electron chi connectivity index (χ2n) is 12.5. The van der Waals surface area contributed by atoms with Gasteiger partial charge in [0.1, 0.15) is 23.4 Å². The van der Waals surface area contributed by atoms with Gasteiger partial charge in [0.25, 0.3) is 0 Å². The average Bonchev–Trinajstić information content (AvgIpc) is 2.79. The molecule has 0 aliphatic carbocycles. The first-order valence-electron chi connectivity index (χ1n) is 13.0. The van der Waals surface area contributed by atoms with E-state index in [1.807, 2.05) is 67.5 Å². The number of aliphatic hydroxyl groups is 1. The SMILES string of the molecule is CC(C)(C)OC(=O)N1CCC(C)(/C(C#N)=C/O)CC1.CC(C)(C)OC(=O)N1CCC(C)(C(C#N)C=O)CC1. The summed E-state index contributed by atoms with van der Waals surface area (Å²) >= 11 is 0. The minimum Gasteiger partial charge on any atom is -0.515 e. The number of amides is 2. The Morgan fingerprint density at radius 2 is 1.26 bits per heavy atom. The molecule has 2 heterocycles. The zero-order valence-electron chi connectivity index (χ0n) is 24.2. The van der Waals surface area contributed by atoms with Gasteiger partial charge in [-0.2, -0.15) is 10.5 Å². The predicted molar refractivity (Wildman–Crippen MR) is 142 cm³/mol. The Kier molecular flexibility index (Phi) is 11.2. The minimum absolute atomic E-state index is 0.318. The third-order valence-corrected chi connectivity index (χ3v) is 7.00. The second kappa shape index (κ2) is 13.0. The number of likely N-dealkylation sites (tertiary alicyclic amines) is 2. The van der Waals surface area contributed by atoms with Gasteiger partial charge in [0.2, 0.25) is 0 Å². The van der Waals surface area contributed by atoms with Crippen LogP contribution >= 0.6 is 0 Å². The molecule has 10 nitrogen and oxygen atoms in total. The molecule has 0 radical (unpaired) electrons. The molecule has 10 heteroatoms. The lowest BCUT2D eigenvalue weighted by Gasteiger charge is -2.40. The number of hydrogen-bond acceptors (Lipinski definition) is 8. The normalized spacial score (nSPS) is 20.0. The first kappa shape index (κ1) is 32.8. The van der Waals surface area contributed by atoms with Gasteiger partial charge in [-0.15, -0.1) is 0 Å². The van der Waals surface area contributed by atoms with Crippen molar-refractivity contribution in [3.63, 3.8) is 0 Å². The molecule has 1 N–H and O–H groups in total. The zero-order chi connectivity index (χ0) is 29.4. The van der Waals surface area contributed by atoms with Crippen LogP contribution in [-0.4, -0.2) is 70.8 Å². The van der Waals surface area contributed by atoms with Gasteiger partial charge in [0.05, 0.1) is 24.0 Å². The Bertz CT molecular complexity index is 948. The summed E-state index contributed by atoms with van der Waals surface area (Å²) in [6, 6.07) is 4.06. The lowest BCUT2D eigenvalue weighted by molar-refractivity contribution is -0.113. The Hall–Kier alpha value is -3.27. The number of ether oxygens (including phenoxy) is 2. The van der Waals surface area contributed by atoms with Crippen molar-refractivity contribution in [1.82, 2.24) is 9.80 Å². The lowest BCUT2D eigenvalue weighted by Crippen LogP contribution is -2.46. The van der Waals surface area contributed by atoms with Gasteiger partial charge in [0, 0.05) is 31.6 Å². The molecule has 2 fully saturated rings. The van der Waals surface area contributed by atoms with Crippen LogP contribution in [0, 0.1) is 39.4 Å². The van der Waals surface area contributed by atoms with E-state index in [1.54, 1.807) is 9.80 Å². The molecule has 0 spiro atoms. The highest BCUT2D eigenvalue weighted by molar-refractivity contribution is 5.69. The fourth-order valence-corrected chi connectivity index (χ4v) is 4.29. The lowest BCUT2D eigenvalue weighted by atomic mass is 9.71. The van der Waals surface area contributed by atoms with Crippen molar-refractivity contribution in [3.05, 3.63) is 11.8 Å². The molecule has 38 heavy (non-hydrogen) atoms. The Morgan fingerprint density at radius 3 is 1.55 bits per heavy atom. The topological polar surface area (TPSA) is 144 Å². The molecule has 0 aromatic heterocycles. The van der Waals surface area contributed by atoms with E-state index in [-0.39, 0.29) is 23.0 Å². The van der Waals surface area contributed by atoms with E-state index in [0.29, 0.717) is 63.7 Å². The van der Waals surface area contributed by atoms with Crippen molar-refractivity contribution >= 4 is 18.5 Å². The molecular formula is C28H44N4O6. The maximum absolute atomic E-state index is 11.9. The summed E-state index contributed by atoms with van der Waals surface area (Å²) in [6.45, 7) is 17.0. The van der Waals surface area contributed by atoms with Gasteiger partial charge in [-0.05, 0) is 72.6 Å². The van der Waals surface area contributed by atoms with Crippen LogP contribution < -0.4 is 0 Å². The number of rotatable bonds is 3. The molecule has 2 rings (SSSR count). The van der Waals surface area contributed by atoms with Crippen molar-refractivity contribution < 1.29 is 29.0 Å². The molecule has 2 aliphatic rings. The minimum atomic E-state index is -0.603. The van der Waals surface area contributed by atoms with E-state index in [1.165, 1.54) is 0 Å². The van der Waals surface area contributed by atoms with Crippen LogP contribution in [-0.2, 0) is 14.3 Å². The predicted octanol–water partition coefficient (Wildman–Crippen LogP) is 5.35. The monoisotopic (exact) mass is 532 g/mol. The molecule has 2 aliphatic heterocycles. The van der Waals surface area contributed by atoms with Gasteiger partial charge in [-0.1, -0.05) is 13.8 Å². The van der Waals surface area contributed by atoms with Gasteiger partial charge in [-0.3, -0.25) is 0 Å². The van der Waals surface area contributed by atoms with Crippen LogP contribution in [0.15, 0.2) is 11.8 Å². The highest BCUT2D eigenvalue weighted by atomic mass is 16.6. The van der Waals surface area contributed by atoms with Crippen molar-refractivity contribution in [1.29, 1.82) is 10.5 Å². The average molecular weight is 533 g/mol. The molecule has 2 saturated heterocycles. The summed E-state index contributed by atoms with van der Waals surface area (Å²) in [4.78, 5) is 38.0. The largest absolute Gasteiger partial charge is 0.515 e. The summed E-state index contributed by atoms with van der Waals surface area (Å²) in [5, 5.41) is 27.1. The number of nitrogens with zero attached hydrogens (tertiary/aromatic N) is 4. The van der Waals surface area contributed by atoms with E-state index >= 15 is 0 Å². The Morgan fingerprint density at radius 1 is 0.868 bits per heavy atom. The number of aliphatic hydroxyl groups excluding tert-OH is 1. The number of carbonyl (C=O) groups excluding carboxylic acids is 3. The van der Waals surface area contributed by atoms with Crippen molar-refractivity contribution in [2.45, 2.75) is 92.3 Å². The molecule has 2 amide bonds. The standard InChI is InChI=1S/2C14H22N2O3/c2*1-13(2,3)19-12(18)16-7-5-14(4,6-8-16)11(9-15)10-17/h10,17H,5-8H2,1-4H3;10-11H,5-8H2,1-4H3/b11-10+;. The molecular weight excluding hydrogens is 488 g/mol. The van der Waals surface area contributed by atoms with Crippen LogP contribution in [0.5, 0.6) is 0 Å². The molecule has 0 aromatic rings. The van der Waals surface area contributed by atoms with Crippen LogP contribution in [0.3, 0.4) is 0 Å². The van der Waals surface area contributed by atoms with Crippen molar-refractivity contribution in [3.8, 4) is 12.1 Å². The highest BCUT2D eigenvalue weighted by Gasteiger charge is 2.40. The number of nitriles is 2. The Balaban J connectivity index is 0.000000380. The maximum atomic E-state index is 11.9. The third-order valence-electron chi connectivity index (χ3n) is 7.00. The summed E-state index contributed by atoms with van der Waals surface area (Å²) in [5.41, 5.74) is -1.33. The van der Waals surface area contributed by atoms with Gasteiger partial charge >= 0.3 is 12.2 Å². The van der Waals surface area contributed by atoms with Crippen LogP contribution in [0.1, 0.15) is 81.1 Å². The fraction of sp³-hybridized carbons (Fsp3) is 0.750. The highest BCUT2D eigenvalue weighted by Crippen LogP contribution is 2.38. The van der Waals surface area contributed by atoms with E-state index in [4.69, 9.17) is 25.1 Å². The van der Waals surface area contributed by atoms with Crippen molar-refractivity contribution in [2.24, 2.45) is 16.7 Å². The van der Waals surface area contributed by atoms with Gasteiger partial charge in [0.15, 0.2) is 0 Å². The van der Waals surface area contributed by atoms with E-state index in [0.717, 1.165) is 6.26 Å². The summed E-state index contributed by atoms with van der Waals surface area (Å²) < 4.78 is 10.6. The van der Waals surface area contributed by atoms with E-state index < -0.39 is 17.1 Å². The third kappa shape index (κ3) is 9.55. The number of carbonyl (C=O) groups is 3. The number of hydrogen-bond donors (Lipinski definition) is 1. The molecule has 1 unspecified atom stereocenters. The second-order valence-corrected chi connectivity index (χ2v) is 12.5. The zero-order valence-corrected chi connectivity index (χ0v) is 24.2. The van der Waals surface area contributed by atoms with Gasteiger partial charge in [-0.25, -0.2) is 9.59 Å². The first-order valence-corrected chi connectivity index (χ1v) is 13.0. The number of allylic oxidation sites excluding steroid dienone is 1. The molecule has 0 aromatic carbocycles. The van der Waals surface area contributed by atoms with Crippen molar-refractivity contribution in [2.75, 3.05) is 26.2 Å². The maximum Gasteiger partial charge on any atom is 0.410 e. The summed E-state index contributed by atoms with van der Waals surface area (Å²) in [5.74, 6) is -0.603. The quantitative estimate of drug-likeness (QED) is 0.291. The van der Waals surface area contributed by atoms with E-state index in [2.05, 4.69) is 0 Å². The Labute approximate surface area is 227 Å². The smallest absolute Gasteiger partial charge is 0.410 e. The van der Waals surface area contributed by atoms with Crippen LogP contribution in [0.25, 0.3) is 0 Å². The molecule has 1 atom stereocenters. The fourth-order valence-electron chi connectivity index (χ4n) is 4.29. The molecule has 0 bridgehead atoms. The molecule has 0 saturated carbocycles. The number of aldehydes is 1.